The van der Waals surface area contributed by atoms with Gasteiger partial charge in [0.25, 0.3) is 0 Å². The van der Waals surface area contributed by atoms with E-state index in [1.165, 1.54) is 0 Å². The number of likely N-dealkylation sites (N-methyl/N-ethyl adjacent to an activating group) is 1. The summed E-state index contributed by atoms with van der Waals surface area (Å²) in [5.41, 5.74) is 3.26. The van der Waals surface area contributed by atoms with Crippen LogP contribution < -0.4 is 0 Å². The third-order valence-corrected chi connectivity index (χ3v) is 4.19. The van der Waals surface area contributed by atoms with Gasteiger partial charge in [-0.05, 0) is 27.4 Å². The van der Waals surface area contributed by atoms with Gasteiger partial charge in [-0.3, -0.25) is 4.68 Å². The van der Waals surface area contributed by atoms with Gasteiger partial charge in [0.1, 0.15) is 11.3 Å². The third kappa shape index (κ3) is 3.24. The largest absolute Gasteiger partial charge is 0.311 e. The molecule has 6 heteroatoms. The summed E-state index contributed by atoms with van der Waals surface area (Å²) in [5.74, 6) is 1.66. The molecule has 1 unspecified atom stereocenters. The number of aromatic nitrogens is 4. The van der Waals surface area contributed by atoms with Crippen molar-refractivity contribution < 1.29 is 0 Å². The molecule has 0 aliphatic heterocycles. The lowest BCUT2D eigenvalue weighted by atomic mass is 10.2. The molecule has 0 radical (unpaired) electrons. The van der Waals surface area contributed by atoms with Gasteiger partial charge >= 0.3 is 0 Å². The highest BCUT2D eigenvalue weighted by molar-refractivity contribution is 6.17. The molecule has 2 rings (SSSR count). The number of aryl methyl sites for hydroxylation is 3. The van der Waals surface area contributed by atoms with Crippen LogP contribution in [-0.4, -0.2) is 50.2 Å². The zero-order valence-electron chi connectivity index (χ0n) is 13.7. The fourth-order valence-corrected chi connectivity index (χ4v) is 2.76. The van der Waals surface area contributed by atoms with E-state index in [-0.39, 0.29) is 0 Å². The van der Waals surface area contributed by atoms with Gasteiger partial charge in [-0.2, -0.15) is 5.10 Å². The number of hydrogen-bond acceptors (Lipinski definition) is 3. The second kappa shape index (κ2) is 6.79. The normalized spacial score (nSPS) is 13.5. The van der Waals surface area contributed by atoms with Gasteiger partial charge < -0.3 is 9.47 Å². The molecule has 1 atom stereocenters. The molecule has 0 bridgehead atoms. The number of alkyl halides is 1. The first-order chi connectivity index (χ1) is 9.99. The smallest absolute Gasteiger partial charge is 0.158 e. The summed E-state index contributed by atoms with van der Waals surface area (Å²) in [5, 5.41) is 4.64. The molecule has 0 aliphatic carbocycles. The molecule has 2 heterocycles. The van der Waals surface area contributed by atoms with E-state index < -0.39 is 0 Å². The molecule has 0 aliphatic rings. The van der Waals surface area contributed by atoms with Crippen LogP contribution in [0.3, 0.4) is 0 Å². The van der Waals surface area contributed by atoms with Crippen LogP contribution in [0.1, 0.15) is 31.8 Å². The van der Waals surface area contributed by atoms with Crippen molar-refractivity contribution in [1.29, 1.82) is 0 Å². The lowest BCUT2D eigenvalue weighted by Crippen LogP contribution is -2.30. The monoisotopic (exact) mass is 311 g/mol. The Balaban J connectivity index is 2.51. The first-order valence-corrected chi connectivity index (χ1v) is 8.16. The number of rotatable bonds is 7. The van der Waals surface area contributed by atoms with Crippen molar-refractivity contribution in [2.75, 3.05) is 20.0 Å². The average Bonchev–Trinajstić information content (AvgIpc) is 2.91. The molecular formula is C15H26ClN5. The summed E-state index contributed by atoms with van der Waals surface area (Å²) >= 11 is 5.96. The van der Waals surface area contributed by atoms with Crippen LogP contribution in [0.15, 0.2) is 0 Å². The molecule has 0 fully saturated rings. The Morgan fingerprint density at radius 2 is 2.00 bits per heavy atom. The highest BCUT2D eigenvalue weighted by Crippen LogP contribution is 2.22. The van der Waals surface area contributed by atoms with Crippen molar-refractivity contribution in [2.45, 2.75) is 45.7 Å². The lowest BCUT2D eigenvalue weighted by molar-refractivity contribution is 0.283. The van der Waals surface area contributed by atoms with Crippen LogP contribution in [0.2, 0.25) is 0 Å². The molecule has 5 nitrogen and oxygen atoms in total. The lowest BCUT2D eigenvalue weighted by Gasteiger charge is -2.21. The Bertz CT molecular complexity index is 599. The minimum Gasteiger partial charge on any atom is -0.311 e. The molecule has 21 heavy (non-hydrogen) atoms. The molecule has 0 aromatic carbocycles. The minimum absolute atomic E-state index is 0.431. The molecule has 0 N–H and O–H groups in total. The molecular weight excluding hydrogens is 286 g/mol. The van der Waals surface area contributed by atoms with E-state index in [1.54, 1.807) is 0 Å². The second-order valence-electron chi connectivity index (χ2n) is 5.88. The Morgan fingerprint density at radius 1 is 1.29 bits per heavy atom. The molecule has 2 aromatic rings. The van der Waals surface area contributed by atoms with Crippen LogP contribution >= 0.6 is 11.6 Å². The van der Waals surface area contributed by atoms with Gasteiger partial charge in [0.2, 0.25) is 0 Å². The van der Waals surface area contributed by atoms with E-state index in [4.69, 9.17) is 16.6 Å². The Morgan fingerprint density at radius 3 is 2.57 bits per heavy atom. The van der Waals surface area contributed by atoms with Gasteiger partial charge in [0, 0.05) is 31.9 Å². The van der Waals surface area contributed by atoms with Crippen molar-refractivity contribution in [1.82, 2.24) is 24.2 Å². The quantitative estimate of drug-likeness (QED) is 0.737. The summed E-state index contributed by atoms with van der Waals surface area (Å²) < 4.78 is 4.25. The van der Waals surface area contributed by atoms with E-state index in [9.17, 15) is 0 Å². The standard InChI is InChI=1S/C15H26ClN5/c1-6-7-12-14-15(20(5)18-12)21(10-11(2)19(3)4)13(17-14)8-9-16/h11H,6-10H2,1-5H3. The molecule has 0 saturated heterocycles. The molecule has 0 spiro atoms. The van der Waals surface area contributed by atoms with Gasteiger partial charge in [0.05, 0.1) is 5.69 Å². The van der Waals surface area contributed by atoms with Gasteiger partial charge in [-0.1, -0.05) is 13.3 Å². The van der Waals surface area contributed by atoms with Crippen molar-refractivity contribution in [2.24, 2.45) is 7.05 Å². The number of imidazole rings is 1. The fourth-order valence-electron chi connectivity index (χ4n) is 2.59. The van der Waals surface area contributed by atoms with Crippen LogP contribution in [0.4, 0.5) is 0 Å². The van der Waals surface area contributed by atoms with Crippen LogP contribution in [0, 0.1) is 0 Å². The van der Waals surface area contributed by atoms with Crippen molar-refractivity contribution in [3.8, 4) is 0 Å². The molecule has 0 saturated carbocycles. The van der Waals surface area contributed by atoms with E-state index in [2.05, 4.69) is 42.5 Å². The van der Waals surface area contributed by atoms with E-state index in [1.807, 2.05) is 11.7 Å². The maximum absolute atomic E-state index is 5.96. The molecule has 118 valence electrons. The van der Waals surface area contributed by atoms with Gasteiger partial charge in [-0.15, -0.1) is 11.6 Å². The van der Waals surface area contributed by atoms with E-state index in [0.717, 1.165) is 48.5 Å². The Labute approximate surface area is 131 Å². The predicted molar refractivity (Wildman–Crippen MR) is 88.1 cm³/mol. The SMILES string of the molecule is CCCc1nn(C)c2c1nc(CCCl)n2CC(C)N(C)C. The summed E-state index contributed by atoms with van der Waals surface area (Å²) in [4.78, 5) is 7.05. The number of nitrogens with zero attached hydrogens (tertiary/aromatic N) is 5. The maximum Gasteiger partial charge on any atom is 0.158 e. The Kier molecular flexibility index (Phi) is 5.27. The topological polar surface area (TPSA) is 38.9 Å². The highest BCUT2D eigenvalue weighted by atomic mass is 35.5. The highest BCUT2D eigenvalue weighted by Gasteiger charge is 2.20. The number of halogens is 1. The second-order valence-corrected chi connectivity index (χ2v) is 6.26. The van der Waals surface area contributed by atoms with Crippen molar-refractivity contribution in [3.05, 3.63) is 11.5 Å². The molecule has 2 aromatic heterocycles. The Hall–Kier alpha value is -1.07. The fraction of sp³-hybridized carbons (Fsp3) is 0.733. The maximum atomic E-state index is 5.96. The zero-order valence-corrected chi connectivity index (χ0v) is 14.5. The van der Waals surface area contributed by atoms with E-state index in [0.29, 0.717) is 11.9 Å². The van der Waals surface area contributed by atoms with Crippen molar-refractivity contribution >= 4 is 22.8 Å². The molecule has 0 amide bonds. The zero-order chi connectivity index (χ0) is 15.6. The minimum atomic E-state index is 0.431. The van der Waals surface area contributed by atoms with Crippen LogP contribution in [0.5, 0.6) is 0 Å². The van der Waals surface area contributed by atoms with Gasteiger partial charge in [0.15, 0.2) is 5.65 Å². The summed E-state index contributed by atoms with van der Waals surface area (Å²) in [6, 6.07) is 0.431. The third-order valence-electron chi connectivity index (χ3n) is 4.00. The first kappa shape index (κ1) is 16.3. The van der Waals surface area contributed by atoms with Crippen LogP contribution in [0.25, 0.3) is 11.2 Å². The average molecular weight is 312 g/mol. The number of hydrogen-bond donors (Lipinski definition) is 0. The van der Waals surface area contributed by atoms with Gasteiger partial charge in [-0.25, -0.2) is 4.98 Å². The summed E-state index contributed by atoms with van der Waals surface area (Å²) in [6.45, 7) is 5.30. The van der Waals surface area contributed by atoms with Crippen LogP contribution in [-0.2, 0) is 26.4 Å². The predicted octanol–water partition coefficient (Wildman–Crippen LogP) is 2.45. The van der Waals surface area contributed by atoms with E-state index >= 15 is 0 Å². The summed E-state index contributed by atoms with van der Waals surface area (Å²) in [7, 11) is 6.21. The number of fused-ring (bicyclic) bond motifs is 1. The summed E-state index contributed by atoms with van der Waals surface area (Å²) in [6.07, 6.45) is 2.85. The van der Waals surface area contributed by atoms with Crippen molar-refractivity contribution in [3.63, 3.8) is 0 Å². The first-order valence-electron chi connectivity index (χ1n) is 7.62.